The number of aromatic nitrogens is 1. The summed E-state index contributed by atoms with van der Waals surface area (Å²) in [5, 5.41) is 27.4. The summed E-state index contributed by atoms with van der Waals surface area (Å²) in [6, 6.07) is 2.05. The van der Waals surface area contributed by atoms with Gasteiger partial charge in [-0.3, -0.25) is 19.2 Å². The first-order valence-electron chi connectivity index (χ1n) is 11.8. The van der Waals surface area contributed by atoms with Crippen LogP contribution in [0.5, 0.6) is 0 Å². The van der Waals surface area contributed by atoms with Gasteiger partial charge in [-0.2, -0.15) is 0 Å². The lowest BCUT2D eigenvalue weighted by Gasteiger charge is -2.27. The number of carbonyl (C=O) groups excluding carboxylic acids is 4. The van der Waals surface area contributed by atoms with Gasteiger partial charge in [-0.05, 0) is 17.5 Å². The second kappa shape index (κ2) is 13.4. The molecular weight excluding hydrogens is 484 g/mol. The van der Waals surface area contributed by atoms with Crippen LogP contribution in [0.4, 0.5) is 0 Å². The molecule has 0 fully saturated rings. The van der Waals surface area contributed by atoms with Crippen molar-refractivity contribution < 1.29 is 34.2 Å². The van der Waals surface area contributed by atoms with E-state index in [-0.39, 0.29) is 6.42 Å². The monoisotopic (exact) mass is 518 g/mol. The minimum Gasteiger partial charge on any atom is -0.480 e. The van der Waals surface area contributed by atoms with Crippen LogP contribution in [0, 0.1) is 5.92 Å². The predicted molar refractivity (Wildman–Crippen MR) is 134 cm³/mol. The summed E-state index contributed by atoms with van der Waals surface area (Å²) in [5.41, 5.74) is 12.2. The number of hydrogen-bond acceptors (Lipinski definition) is 7. The number of aliphatic hydroxyl groups is 1. The number of nitrogens with two attached hydrogens (primary N) is 2. The average Bonchev–Trinajstić information content (AvgIpc) is 3.26. The molecule has 202 valence electrons. The first-order valence-corrected chi connectivity index (χ1v) is 11.8. The standard InChI is InChI=1S/C24H34N6O7/c1-3-12(2)20(30-21(33)15(25)9-19(26)32)23(35)29-18(11-31)22(34)28-17(24(36)37)8-13-10-27-16-7-5-4-6-14(13)16/h4-7,10,12,15,17-18,20,27,31H,3,8-9,11,25H2,1-2H3,(H2,26,32)(H,28,34)(H,29,35)(H,30,33)(H,36,37). The lowest BCUT2D eigenvalue weighted by atomic mass is 9.97. The third-order valence-electron chi connectivity index (χ3n) is 6.08. The van der Waals surface area contributed by atoms with Crippen LogP contribution in [0.1, 0.15) is 32.3 Å². The van der Waals surface area contributed by atoms with Gasteiger partial charge in [0.25, 0.3) is 0 Å². The Morgan fingerprint density at radius 2 is 1.65 bits per heavy atom. The Kier molecular flexibility index (Phi) is 10.6. The summed E-state index contributed by atoms with van der Waals surface area (Å²) in [6.07, 6.45) is 1.65. The Balaban J connectivity index is 2.11. The molecule has 2 aromatic rings. The Morgan fingerprint density at radius 3 is 2.24 bits per heavy atom. The molecule has 0 saturated carbocycles. The van der Waals surface area contributed by atoms with Crippen molar-refractivity contribution in [3.05, 3.63) is 36.0 Å². The molecule has 13 nitrogen and oxygen atoms in total. The quantitative estimate of drug-likeness (QED) is 0.146. The van der Waals surface area contributed by atoms with E-state index in [4.69, 9.17) is 11.5 Å². The van der Waals surface area contributed by atoms with Gasteiger partial charge >= 0.3 is 5.97 Å². The van der Waals surface area contributed by atoms with Crippen molar-refractivity contribution in [1.29, 1.82) is 0 Å². The maximum Gasteiger partial charge on any atom is 0.326 e. The number of amides is 4. The first-order chi connectivity index (χ1) is 17.5. The molecule has 4 amide bonds. The van der Waals surface area contributed by atoms with Crippen molar-refractivity contribution in [3.63, 3.8) is 0 Å². The number of para-hydroxylation sites is 1. The number of benzene rings is 1. The molecule has 1 aromatic heterocycles. The molecule has 13 heteroatoms. The van der Waals surface area contributed by atoms with Crippen LogP contribution >= 0.6 is 0 Å². The summed E-state index contributed by atoms with van der Waals surface area (Å²) in [4.78, 5) is 64.1. The molecule has 5 atom stereocenters. The minimum atomic E-state index is -1.49. The number of carboxylic acids is 1. The SMILES string of the molecule is CCC(C)C(NC(=O)C(N)CC(N)=O)C(=O)NC(CO)C(=O)NC(Cc1c[nH]c2ccccc12)C(=O)O. The molecular formula is C24H34N6O7. The predicted octanol–water partition coefficient (Wildman–Crippen LogP) is -1.51. The molecule has 0 radical (unpaired) electrons. The van der Waals surface area contributed by atoms with Gasteiger partial charge in [0.05, 0.1) is 19.1 Å². The molecule has 0 aliphatic heterocycles. The Labute approximate surface area is 213 Å². The van der Waals surface area contributed by atoms with Gasteiger partial charge in [-0.25, -0.2) is 4.79 Å². The number of aliphatic carboxylic acids is 1. The van der Waals surface area contributed by atoms with E-state index in [0.717, 1.165) is 10.9 Å². The van der Waals surface area contributed by atoms with Crippen molar-refractivity contribution >= 4 is 40.5 Å². The lowest BCUT2D eigenvalue weighted by molar-refractivity contribution is -0.142. The summed E-state index contributed by atoms with van der Waals surface area (Å²) in [6.45, 7) is 2.64. The molecule has 0 spiro atoms. The molecule has 1 heterocycles. The van der Waals surface area contributed by atoms with E-state index in [0.29, 0.717) is 12.0 Å². The average molecular weight is 519 g/mol. The molecule has 37 heavy (non-hydrogen) atoms. The van der Waals surface area contributed by atoms with Gasteiger partial charge in [-0.15, -0.1) is 0 Å². The van der Waals surface area contributed by atoms with Crippen LogP contribution < -0.4 is 27.4 Å². The molecule has 0 bridgehead atoms. The number of aromatic amines is 1. The van der Waals surface area contributed by atoms with Crippen LogP contribution in [-0.2, 0) is 30.4 Å². The topological polar surface area (TPSA) is 230 Å². The van der Waals surface area contributed by atoms with Gasteiger partial charge in [0, 0.05) is 23.5 Å². The van der Waals surface area contributed by atoms with E-state index in [2.05, 4.69) is 20.9 Å². The molecule has 0 aliphatic carbocycles. The fourth-order valence-corrected chi connectivity index (χ4v) is 3.72. The van der Waals surface area contributed by atoms with Crippen molar-refractivity contribution in [2.45, 2.75) is 57.3 Å². The van der Waals surface area contributed by atoms with Gasteiger partial charge < -0.3 is 42.6 Å². The number of hydrogen-bond donors (Lipinski definition) is 8. The van der Waals surface area contributed by atoms with Crippen molar-refractivity contribution in [3.8, 4) is 0 Å². The van der Waals surface area contributed by atoms with Crippen molar-refractivity contribution in [1.82, 2.24) is 20.9 Å². The van der Waals surface area contributed by atoms with E-state index in [9.17, 15) is 34.2 Å². The molecule has 0 aliphatic rings. The van der Waals surface area contributed by atoms with E-state index in [1.165, 1.54) is 0 Å². The van der Waals surface area contributed by atoms with Crippen molar-refractivity contribution in [2.24, 2.45) is 17.4 Å². The molecule has 1 aromatic carbocycles. The number of aliphatic hydroxyl groups excluding tert-OH is 1. The summed E-state index contributed by atoms with van der Waals surface area (Å²) >= 11 is 0. The first kappa shape index (κ1) is 29.3. The lowest BCUT2D eigenvalue weighted by Crippen LogP contribution is -2.59. The number of carboxylic acid groups (broad SMARTS) is 1. The Morgan fingerprint density at radius 1 is 1.00 bits per heavy atom. The van der Waals surface area contributed by atoms with Crippen molar-refractivity contribution in [2.75, 3.05) is 6.61 Å². The van der Waals surface area contributed by atoms with Gasteiger partial charge in [0.2, 0.25) is 23.6 Å². The second-order valence-corrected chi connectivity index (χ2v) is 8.86. The second-order valence-electron chi connectivity index (χ2n) is 8.86. The number of primary amides is 1. The maximum absolute atomic E-state index is 13.0. The number of carbonyl (C=O) groups is 5. The van der Waals surface area contributed by atoms with E-state index < -0.39 is 72.7 Å². The molecule has 10 N–H and O–H groups in total. The zero-order chi connectivity index (χ0) is 27.7. The number of nitrogens with one attached hydrogen (secondary N) is 4. The van der Waals surface area contributed by atoms with E-state index in [1.54, 1.807) is 26.1 Å². The van der Waals surface area contributed by atoms with E-state index >= 15 is 0 Å². The Hall–Kier alpha value is -3.97. The van der Waals surface area contributed by atoms with E-state index in [1.807, 2.05) is 18.2 Å². The van der Waals surface area contributed by atoms with Crippen LogP contribution in [-0.4, -0.2) is 75.6 Å². The Bertz CT molecular complexity index is 1130. The van der Waals surface area contributed by atoms with Gasteiger partial charge in [-0.1, -0.05) is 38.5 Å². The van der Waals surface area contributed by atoms with Crippen LogP contribution in [0.15, 0.2) is 30.5 Å². The highest BCUT2D eigenvalue weighted by Gasteiger charge is 2.32. The fraction of sp³-hybridized carbons (Fsp3) is 0.458. The molecule has 0 saturated heterocycles. The number of H-pyrrole nitrogens is 1. The summed E-state index contributed by atoms with van der Waals surface area (Å²) in [5.74, 6) is -4.97. The van der Waals surface area contributed by atoms with Gasteiger partial charge in [0.15, 0.2) is 0 Å². The normalized spacial score (nSPS) is 15.1. The van der Waals surface area contributed by atoms with Crippen LogP contribution in [0.25, 0.3) is 10.9 Å². The minimum absolute atomic E-state index is 0.0412. The van der Waals surface area contributed by atoms with Gasteiger partial charge in [0.1, 0.15) is 18.1 Å². The highest BCUT2D eigenvalue weighted by Crippen LogP contribution is 2.19. The summed E-state index contributed by atoms with van der Waals surface area (Å²) < 4.78 is 0. The third-order valence-corrected chi connectivity index (χ3v) is 6.08. The summed E-state index contributed by atoms with van der Waals surface area (Å²) in [7, 11) is 0. The number of rotatable bonds is 14. The largest absolute Gasteiger partial charge is 0.480 e. The zero-order valence-electron chi connectivity index (χ0n) is 20.7. The number of fused-ring (bicyclic) bond motifs is 1. The zero-order valence-corrected chi connectivity index (χ0v) is 20.7. The maximum atomic E-state index is 13.0. The van der Waals surface area contributed by atoms with Crippen LogP contribution in [0.3, 0.4) is 0 Å². The molecule has 5 unspecified atom stereocenters. The molecule has 2 rings (SSSR count). The highest BCUT2D eigenvalue weighted by atomic mass is 16.4. The smallest absolute Gasteiger partial charge is 0.326 e. The highest BCUT2D eigenvalue weighted by molar-refractivity contribution is 5.95. The van der Waals surface area contributed by atoms with Crippen LogP contribution in [0.2, 0.25) is 0 Å². The fourth-order valence-electron chi connectivity index (χ4n) is 3.72. The third kappa shape index (κ3) is 8.02.